The predicted molar refractivity (Wildman–Crippen MR) is 106 cm³/mol. The number of ether oxygens (including phenoxy) is 5. The fraction of sp³-hybridized carbons (Fsp3) is 0.571. The van der Waals surface area contributed by atoms with Gasteiger partial charge in [-0.1, -0.05) is 19.4 Å². The lowest BCUT2D eigenvalue weighted by atomic mass is 10.0. The van der Waals surface area contributed by atoms with E-state index in [0.717, 1.165) is 12.0 Å². The van der Waals surface area contributed by atoms with Crippen molar-refractivity contribution in [1.29, 1.82) is 0 Å². The Labute approximate surface area is 162 Å². The van der Waals surface area contributed by atoms with E-state index >= 15 is 0 Å². The Bertz CT molecular complexity index is 599. The molecule has 1 aromatic carbocycles. The number of carbonyl (C=O) groups excluding carboxylic acids is 1. The summed E-state index contributed by atoms with van der Waals surface area (Å²) in [4.78, 5) is 12.2. The van der Waals surface area contributed by atoms with Gasteiger partial charge in [-0.2, -0.15) is 0 Å². The van der Waals surface area contributed by atoms with E-state index < -0.39 is 5.97 Å². The van der Waals surface area contributed by atoms with Crippen molar-refractivity contribution in [2.75, 3.05) is 26.4 Å². The van der Waals surface area contributed by atoms with Gasteiger partial charge in [0.05, 0.1) is 26.4 Å². The number of allylic oxidation sites excluding steroid dienone is 1. The van der Waals surface area contributed by atoms with E-state index in [1.807, 2.05) is 27.7 Å². The highest BCUT2D eigenvalue weighted by Crippen LogP contribution is 2.54. The van der Waals surface area contributed by atoms with Crippen LogP contribution in [0.3, 0.4) is 0 Å². The molecule has 0 heterocycles. The van der Waals surface area contributed by atoms with Crippen molar-refractivity contribution in [1.82, 2.24) is 0 Å². The summed E-state index contributed by atoms with van der Waals surface area (Å²) < 4.78 is 29.1. The van der Waals surface area contributed by atoms with E-state index in [4.69, 9.17) is 23.7 Å². The minimum absolute atomic E-state index is 0.188. The highest BCUT2D eigenvalue weighted by molar-refractivity contribution is 5.86. The second-order valence-electron chi connectivity index (χ2n) is 5.53. The van der Waals surface area contributed by atoms with E-state index in [9.17, 15) is 4.79 Å². The maximum absolute atomic E-state index is 12.2. The normalized spacial score (nSPS) is 10.7. The summed E-state index contributed by atoms with van der Waals surface area (Å²) in [6.45, 7) is 13.0. The smallest absolute Gasteiger partial charge is 0.336 e. The summed E-state index contributed by atoms with van der Waals surface area (Å²) >= 11 is 0. The molecule has 0 radical (unpaired) electrons. The maximum Gasteiger partial charge on any atom is 0.336 e. The molecule has 0 amide bonds. The number of carbonyl (C=O) groups is 1. The minimum atomic E-state index is -0.521. The van der Waals surface area contributed by atoms with Gasteiger partial charge in [0.2, 0.25) is 17.2 Å². The molecule has 6 heteroatoms. The molecule has 152 valence electrons. The van der Waals surface area contributed by atoms with Gasteiger partial charge in [0.15, 0.2) is 11.5 Å². The molecule has 0 aromatic heterocycles. The molecule has 1 aromatic rings. The first-order chi connectivity index (χ1) is 13.1. The van der Waals surface area contributed by atoms with Gasteiger partial charge in [-0.15, -0.1) is 0 Å². The van der Waals surface area contributed by atoms with Gasteiger partial charge in [-0.25, -0.2) is 4.79 Å². The van der Waals surface area contributed by atoms with Crippen LogP contribution in [0.5, 0.6) is 28.7 Å². The van der Waals surface area contributed by atoms with Crippen molar-refractivity contribution < 1.29 is 28.5 Å². The van der Waals surface area contributed by atoms with E-state index in [0.29, 0.717) is 55.8 Å². The van der Waals surface area contributed by atoms with Crippen molar-refractivity contribution in [3.05, 3.63) is 17.7 Å². The first kappa shape index (κ1) is 22.7. The summed E-state index contributed by atoms with van der Waals surface area (Å²) in [7, 11) is 0. The number of benzene rings is 1. The fourth-order valence-corrected chi connectivity index (χ4v) is 2.67. The standard InChI is InChI=1S/C21H32O6/c1-7-13-15-17(23-9-3)19(25-11-5)21(27-16(22)14-8-2)20(26-12-6)18(15)24-10-4/h8,14H,7,9-13H2,1-6H3. The molecule has 6 nitrogen and oxygen atoms in total. The summed E-state index contributed by atoms with van der Waals surface area (Å²) in [6.07, 6.45) is 4.55. The molecule has 0 unspecified atom stereocenters. The number of hydrogen-bond acceptors (Lipinski definition) is 6. The number of esters is 1. The lowest BCUT2D eigenvalue weighted by molar-refractivity contribution is -0.129. The first-order valence-electron chi connectivity index (χ1n) is 9.67. The Morgan fingerprint density at radius 2 is 1.19 bits per heavy atom. The largest absolute Gasteiger partial charge is 0.489 e. The Kier molecular flexibility index (Phi) is 10.2. The molecule has 0 spiro atoms. The Morgan fingerprint density at radius 3 is 1.56 bits per heavy atom. The topological polar surface area (TPSA) is 63.2 Å². The zero-order valence-electron chi connectivity index (χ0n) is 17.3. The van der Waals surface area contributed by atoms with Gasteiger partial charge >= 0.3 is 5.97 Å². The van der Waals surface area contributed by atoms with Crippen LogP contribution in [0.25, 0.3) is 0 Å². The van der Waals surface area contributed by atoms with Crippen LogP contribution >= 0.6 is 0 Å². The molecule has 0 fully saturated rings. The average molecular weight is 380 g/mol. The number of hydrogen-bond donors (Lipinski definition) is 0. The van der Waals surface area contributed by atoms with Crippen molar-refractivity contribution in [3.8, 4) is 28.7 Å². The van der Waals surface area contributed by atoms with Gasteiger partial charge < -0.3 is 23.7 Å². The lowest BCUT2D eigenvalue weighted by Crippen LogP contribution is -2.13. The van der Waals surface area contributed by atoms with Gasteiger partial charge in [0.1, 0.15) is 0 Å². The SMILES string of the molecule is CC=CC(=O)Oc1c(OCC)c(OCC)c(CCC)c(OCC)c1OCC. The fourth-order valence-electron chi connectivity index (χ4n) is 2.67. The Balaban J connectivity index is 3.82. The third kappa shape index (κ3) is 5.81. The van der Waals surface area contributed by atoms with E-state index in [1.165, 1.54) is 6.08 Å². The molecule has 0 atom stereocenters. The molecule has 1 rings (SSSR count). The third-order valence-electron chi connectivity index (χ3n) is 3.53. The quantitative estimate of drug-likeness (QED) is 0.297. The second kappa shape index (κ2) is 12.1. The van der Waals surface area contributed by atoms with Gasteiger partial charge in [0, 0.05) is 11.6 Å². The molecular weight excluding hydrogens is 348 g/mol. The molecular formula is C21H32O6. The van der Waals surface area contributed by atoms with Crippen LogP contribution in [0.2, 0.25) is 0 Å². The van der Waals surface area contributed by atoms with E-state index in [1.54, 1.807) is 13.0 Å². The van der Waals surface area contributed by atoms with Gasteiger partial charge in [0.25, 0.3) is 0 Å². The Morgan fingerprint density at radius 1 is 0.741 bits per heavy atom. The van der Waals surface area contributed by atoms with Gasteiger partial charge in [-0.3, -0.25) is 0 Å². The third-order valence-corrected chi connectivity index (χ3v) is 3.53. The highest BCUT2D eigenvalue weighted by Gasteiger charge is 2.30. The minimum Gasteiger partial charge on any atom is -0.489 e. The van der Waals surface area contributed by atoms with Gasteiger partial charge in [-0.05, 0) is 41.0 Å². The van der Waals surface area contributed by atoms with E-state index in [2.05, 4.69) is 6.92 Å². The van der Waals surface area contributed by atoms with Crippen molar-refractivity contribution in [2.24, 2.45) is 0 Å². The lowest BCUT2D eigenvalue weighted by Gasteiger charge is -2.24. The molecule has 0 N–H and O–H groups in total. The first-order valence-corrected chi connectivity index (χ1v) is 9.67. The molecule has 27 heavy (non-hydrogen) atoms. The highest BCUT2D eigenvalue weighted by atomic mass is 16.6. The van der Waals surface area contributed by atoms with Crippen molar-refractivity contribution >= 4 is 5.97 Å². The predicted octanol–water partition coefficient (Wildman–Crippen LogP) is 4.72. The summed E-state index contributed by atoms with van der Waals surface area (Å²) in [5.74, 6) is 1.48. The zero-order valence-corrected chi connectivity index (χ0v) is 17.3. The molecule has 0 saturated carbocycles. The van der Waals surface area contributed by atoms with Crippen molar-refractivity contribution in [2.45, 2.75) is 54.4 Å². The van der Waals surface area contributed by atoms with Crippen molar-refractivity contribution in [3.63, 3.8) is 0 Å². The van der Waals surface area contributed by atoms with Crippen LogP contribution in [0.1, 0.15) is 53.5 Å². The molecule has 0 saturated heterocycles. The monoisotopic (exact) mass is 380 g/mol. The van der Waals surface area contributed by atoms with Crippen LogP contribution in [0.4, 0.5) is 0 Å². The van der Waals surface area contributed by atoms with Crippen LogP contribution in [0.15, 0.2) is 12.2 Å². The van der Waals surface area contributed by atoms with Crippen LogP contribution < -0.4 is 23.7 Å². The Hall–Kier alpha value is -2.37. The molecule has 0 aliphatic carbocycles. The molecule has 0 aliphatic heterocycles. The number of rotatable bonds is 12. The average Bonchev–Trinajstić information content (AvgIpc) is 2.64. The van der Waals surface area contributed by atoms with E-state index in [-0.39, 0.29) is 5.75 Å². The van der Waals surface area contributed by atoms with Crippen LogP contribution in [0, 0.1) is 0 Å². The zero-order chi connectivity index (χ0) is 20.2. The summed E-state index contributed by atoms with van der Waals surface area (Å²) in [6, 6.07) is 0. The molecule has 0 aliphatic rings. The maximum atomic E-state index is 12.2. The summed E-state index contributed by atoms with van der Waals surface area (Å²) in [5, 5.41) is 0. The second-order valence-corrected chi connectivity index (χ2v) is 5.53. The van der Waals surface area contributed by atoms with Crippen LogP contribution in [-0.2, 0) is 11.2 Å². The van der Waals surface area contributed by atoms with Crippen LogP contribution in [-0.4, -0.2) is 32.4 Å². The molecule has 0 bridgehead atoms. The summed E-state index contributed by atoms with van der Waals surface area (Å²) in [5.41, 5.74) is 0.860.